The fraction of sp³-hybridized carbons (Fsp3) is 0.533. The highest BCUT2D eigenvalue weighted by Crippen LogP contribution is 2.19. The molecule has 1 heterocycles. The van der Waals surface area contributed by atoms with E-state index in [9.17, 15) is 9.90 Å². The van der Waals surface area contributed by atoms with Gasteiger partial charge in [0.1, 0.15) is 0 Å². The van der Waals surface area contributed by atoms with Crippen molar-refractivity contribution < 1.29 is 14.6 Å². The van der Waals surface area contributed by atoms with Gasteiger partial charge in [0.05, 0.1) is 0 Å². The van der Waals surface area contributed by atoms with Gasteiger partial charge in [0.2, 0.25) is 0 Å². The van der Waals surface area contributed by atoms with Crippen molar-refractivity contribution in [2.45, 2.75) is 31.9 Å². The molecule has 1 aliphatic rings. The maximum atomic E-state index is 12.0. The Morgan fingerprint density at radius 2 is 1.95 bits per heavy atom. The monoisotopic (exact) mass is 263 g/mol. The summed E-state index contributed by atoms with van der Waals surface area (Å²) in [5.74, 6) is 0.103. The zero-order valence-electron chi connectivity index (χ0n) is 11.2. The van der Waals surface area contributed by atoms with Gasteiger partial charge in [-0.2, -0.15) is 0 Å². The number of benzene rings is 1. The predicted molar refractivity (Wildman–Crippen MR) is 72.5 cm³/mol. The van der Waals surface area contributed by atoms with Crippen LogP contribution in [0.3, 0.4) is 0 Å². The molecule has 104 valence electrons. The van der Waals surface area contributed by atoms with Crippen molar-refractivity contribution in [1.82, 2.24) is 5.32 Å². The molecule has 0 aliphatic carbocycles. The largest absolute Gasteiger partial charge is 0.381 e. The molecule has 0 spiro atoms. The number of hydrogen-bond donors (Lipinski definition) is 2. The molecule has 0 saturated carbocycles. The van der Waals surface area contributed by atoms with Gasteiger partial charge in [-0.3, -0.25) is 4.79 Å². The van der Waals surface area contributed by atoms with E-state index in [0.29, 0.717) is 11.5 Å². The Labute approximate surface area is 113 Å². The van der Waals surface area contributed by atoms with Gasteiger partial charge in [0, 0.05) is 19.3 Å². The molecule has 1 aromatic carbocycles. The van der Waals surface area contributed by atoms with Crippen LogP contribution in [0.4, 0.5) is 0 Å². The van der Waals surface area contributed by atoms with Crippen LogP contribution in [0.1, 0.15) is 31.4 Å². The summed E-state index contributed by atoms with van der Waals surface area (Å²) in [7, 11) is 0. The molecule has 4 heteroatoms. The molecule has 1 aliphatic heterocycles. The van der Waals surface area contributed by atoms with Gasteiger partial charge < -0.3 is 15.2 Å². The number of nitrogens with one attached hydrogen (secondary N) is 1. The van der Waals surface area contributed by atoms with Crippen molar-refractivity contribution >= 4 is 5.91 Å². The normalized spacial score (nSPS) is 19.7. The molecule has 0 radical (unpaired) electrons. The third-order valence-corrected chi connectivity index (χ3v) is 3.71. The Kier molecular flexibility index (Phi) is 4.93. The standard InChI is InChI=1S/C15H21NO3/c1-11(12-7-9-19-10-8-12)16-15(18)14(17)13-5-3-2-4-6-13/h2-6,11-12,14,17H,7-10H2,1H3,(H,16,18). The lowest BCUT2D eigenvalue weighted by Crippen LogP contribution is -2.42. The molecule has 0 bridgehead atoms. The quantitative estimate of drug-likeness (QED) is 0.868. The van der Waals surface area contributed by atoms with Crippen molar-refractivity contribution in [1.29, 1.82) is 0 Å². The zero-order chi connectivity index (χ0) is 13.7. The van der Waals surface area contributed by atoms with E-state index < -0.39 is 6.10 Å². The smallest absolute Gasteiger partial charge is 0.253 e. The molecule has 0 aromatic heterocycles. The van der Waals surface area contributed by atoms with Gasteiger partial charge in [-0.25, -0.2) is 0 Å². The van der Waals surface area contributed by atoms with E-state index >= 15 is 0 Å². The van der Waals surface area contributed by atoms with Crippen LogP contribution >= 0.6 is 0 Å². The van der Waals surface area contributed by atoms with Gasteiger partial charge >= 0.3 is 0 Å². The van der Waals surface area contributed by atoms with Crippen LogP contribution in [0, 0.1) is 5.92 Å². The second-order valence-electron chi connectivity index (χ2n) is 5.06. The molecule has 2 rings (SSSR count). The molecular weight excluding hydrogens is 242 g/mol. The summed E-state index contributed by atoms with van der Waals surface area (Å²) in [5.41, 5.74) is 0.624. The second-order valence-corrected chi connectivity index (χ2v) is 5.06. The maximum Gasteiger partial charge on any atom is 0.253 e. The lowest BCUT2D eigenvalue weighted by molar-refractivity contribution is -0.130. The molecule has 2 unspecified atom stereocenters. The van der Waals surface area contributed by atoms with Crippen LogP contribution in [0.15, 0.2) is 30.3 Å². The van der Waals surface area contributed by atoms with Crippen molar-refractivity contribution in [3.63, 3.8) is 0 Å². The summed E-state index contributed by atoms with van der Waals surface area (Å²) >= 11 is 0. The Balaban J connectivity index is 1.89. The third kappa shape index (κ3) is 3.78. The molecule has 1 aromatic rings. The van der Waals surface area contributed by atoms with E-state index in [1.54, 1.807) is 12.1 Å². The summed E-state index contributed by atoms with van der Waals surface area (Å²) in [4.78, 5) is 12.0. The highest BCUT2D eigenvalue weighted by Gasteiger charge is 2.24. The summed E-state index contributed by atoms with van der Waals surface area (Å²) < 4.78 is 5.31. The van der Waals surface area contributed by atoms with E-state index in [4.69, 9.17) is 4.74 Å². The van der Waals surface area contributed by atoms with Gasteiger partial charge in [-0.05, 0) is 31.2 Å². The summed E-state index contributed by atoms with van der Waals surface area (Å²) in [5, 5.41) is 12.9. The molecule has 1 amide bonds. The zero-order valence-corrected chi connectivity index (χ0v) is 11.2. The number of ether oxygens (including phenoxy) is 1. The summed E-state index contributed by atoms with van der Waals surface area (Å²) in [6, 6.07) is 9.06. The van der Waals surface area contributed by atoms with Crippen LogP contribution < -0.4 is 5.32 Å². The van der Waals surface area contributed by atoms with Crippen molar-refractivity contribution in [2.24, 2.45) is 5.92 Å². The Morgan fingerprint density at radius 3 is 2.58 bits per heavy atom. The van der Waals surface area contributed by atoms with E-state index in [2.05, 4.69) is 5.32 Å². The van der Waals surface area contributed by atoms with Crippen LogP contribution in [-0.4, -0.2) is 30.3 Å². The molecular formula is C15H21NO3. The Morgan fingerprint density at radius 1 is 1.32 bits per heavy atom. The first-order chi connectivity index (χ1) is 9.18. The van der Waals surface area contributed by atoms with E-state index in [1.807, 2.05) is 25.1 Å². The Hall–Kier alpha value is -1.39. The highest BCUT2D eigenvalue weighted by atomic mass is 16.5. The highest BCUT2D eigenvalue weighted by molar-refractivity contribution is 5.82. The second kappa shape index (κ2) is 6.68. The number of hydrogen-bond acceptors (Lipinski definition) is 3. The minimum atomic E-state index is -1.09. The maximum absolute atomic E-state index is 12.0. The lowest BCUT2D eigenvalue weighted by Gasteiger charge is -2.29. The molecule has 2 N–H and O–H groups in total. The summed E-state index contributed by atoms with van der Waals surface area (Å²) in [6.07, 6.45) is 0.828. The molecule has 19 heavy (non-hydrogen) atoms. The first-order valence-corrected chi connectivity index (χ1v) is 6.79. The fourth-order valence-electron chi connectivity index (χ4n) is 2.42. The average molecular weight is 263 g/mol. The Bertz CT molecular complexity index is 401. The predicted octanol–water partition coefficient (Wildman–Crippen LogP) is 1.65. The van der Waals surface area contributed by atoms with Crippen LogP contribution in [0.2, 0.25) is 0 Å². The number of rotatable bonds is 4. The van der Waals surface area contributed by atoms with Gasteiger partial charge in [0.15, 0.2) is 6.10 Å². The van der Waals surface area contributed by atoms with Crippen LogP contribution in [-0.2, 0) is 9.53 Å². The average Bonchev–Trinajstić information content (AvgIpc) is 2.48. The number of aliphatic hydroxyl groups is 1. The number of aliphatic hydroxyl groups excluding tert-OH is 1. The fourth-order valence-corrected chi connectivity index (χ4v) is 2.42. The summed E-state index contributed by atoms with van der Waals surface area (Å²) in [6.45, 7) is 3.50. The SMILES string of the molecule is CC(NC(=O)C(O)c1ccccc1)C1CCOCC1. The van der Waals surface area contributed by atoms with Crippen LogP contribution in [0.25, 0.3) is 0 Å². The number of amides is 1. The lowest BCUT2D eigenvalue weighted by atomic mass is 9.92. The topological polar surface area (TPSA) is 58.6 Å². The van der Waals surface area contributed by atoms with Crippen molar-refractivity contribution in [2.75, 3.05) is 13.2 Å². The van der Waals surface area contributed by atoms with E-state index in [0.717, 1.165) is 26.1 Å². The third-order valence-electron chi connectivity index (χ3n) is 3.71. The van der Waals surface area contributed by atoms with Gasteiger partial charge in [-0.15, -0.1) is 0 Å². The molecule has 4 nitrogen and oxygen atoms in total. The molecule has 1 saturated heterocycles. The molecule has 1 fully saturated rings. The minimum absolute atomic E-state index is 0.0646. The van der Waals surface area contributed by atoms with Crippen molar-refractivity contribution in [3.05, 3.63) is 35.9 Å². The number of carbonyl (C=O) groups excluding carboxylic acids is 1. The van der Waals surface area contributed by atoms with Gasteiger partial charge in [0.25, 0.3) is 5.91 Å². The first-order valence-electron chi connectivity index (χ1n) is 6.79. The van der Waals surface area contributed by atoms with Crippen LogP contribution in [0.5, 0.6) is 0 Å². The van der Waals surface area contributed by atoms with Gasteiger partial charge in [-0.1, -0.05) is 30.3 Å². The van der Waals surface area contributed by atoms with E-state index in [1.165, 1.54) is 0 Å². The van der Waals surface area contributed by atoms with Crippen molar-refractivity contribution in [3.8, 4) is 0 Å². The first kappa shape index (κ1) is 14.0. The molecule has 2 atom stereocenters. The number of carbonyl (C=O) groups is 1. The van der Waals surface area contributed by atoms with E-state index in [-0.39, 0.29) is 11.9 Å². The minimum Gasteiger partial charge on any atom is -0.381 e.